The standard InChI is InChI=1S/C11H19NO2/c1-3-4-10(13)8-12-6-5-11(14)9(2)7-12/h9H,3-8H2,1-2H3. The monoisotopic (exact) mass is 197 g/mol. The lowest BCUT2D eigenvalue weighted by Crippen LogP contribution is -2.42. The lowest BCUT2D eigenvalue weighted by molar-refractivity contribution is -0.128. The zero-order chi connectivity index (χ0) is 10.6. The van der Waals surface area contributed by atoms with Gasteiger partial charge in [-0.3, -0.25) is 14.5 Å². The van der Waals surface area contributed by atoms with E-state index in [9.17, 15) is 9.59 Å². The van der Waals surface area contributed by atoms with Crippen LogP contribution in [0.3, 0.4) is 0 Å². The fraction of sp³-hybridized carbons (Fsp3) is 0.818. The molecule has 0 saturated carbocycles. The first kappa shape index (κ1) is 11.4. The van der Waals surface area contributed by atoms with Crippen molar-refractivity contribution in [3.05, 3.63) is 0 Å². The third-order valence-corrected chi connectivity index (χ3v) is 2.68. The van der Waals surface area contributed by atoms with Gasteiger partial charge in [0.15, 0.2) is 0 Å². The highest BCUT2D eigenvalue weighted by molar-refractivity contribution is 5.83. The molecule has 1 fully saturated rings. The molecule has 0 N–H and O–H groups in total. The summed E-state index contributed by atoms with van der Waals surface area (Å²) in [6.45, 7) is 6.01. The summed E-state index contributed by atoms with van der Waals surface area (Å²) in [6.07, 6.45) is 2.19. The Labute approximate surface area is 85.5 Å². The molecule has 3 nitrogen and oxygen atoms in total. The number of piperidine rings is 1. The van der Waals surface area contributed by atoms with Crippen LogP contribution in [-0.2, 0) is 9.59 Å². The summed E-state index contributed by atoms with van der Waals surface area (Å²) >= 11 is 0. The van der Waals surface area contributed by atoms with E-state index in [1.54, 1.807) is 0 Å². The van der Waals surface area contributed by atoms with Crippen molar-refractivity contribution >= 4 is 11.6 Å². The van der Waals surface area contributed by atoms with E-state index >= 15 is 0 Å². The molecule has 14 heavy (non-hydrogen) atoms. The van der Waals surface area contributed by atoms with Crippen LogP contribution in [0.15, 0.2) is 0 Å². The van der Waals surface area contributed by atoms with E-state index in [4.69, 9.17) is 0 Å². The van der Waals surface area contributed by atoms with Crippen molar-refractivity contribution in [2.75, 3.05) is 19.6 Å². The van der Waals surface area contributed by atoms with Gasteiger partial charge in [0.2, 0.25) is 0 Å². The molecular weight excluding hydrogens is 178 g/mol. The third-order valence-electron chi connectivity index (χ3n) is 2.68. The Hall–Kier alpha value is -0.700. The minimum Gasteiger partial charge on any atom is -0.299 e. The number of nitrogens with zero attached hydrogens (tertiary/aromatic N) is 1. The summed E-state index contributed by atoms with van der Waals surface area (Å²) in [4.78, 5) is 24.7. The summed E-state index contributed by atoms with van der Waals surface area (Å²) in [5, 5.41) is 0. The second-order valence-corrected chi connectivity index (χ2v) is 4.14. The van der Waals surface area contributed by atoms with Crippen molar-refractivity contribution < 1.29 is 9.59 Å². The van der Waals surface area contributed by atoms with Gasteiger partial charge in [-0.05, 0) is 6.42 Å². The number of hydrogen-bond acceptors (Lipinski definition) is 3. The molecule has 0 spiro atoms. The van der Waals surface area contributed by atoms with Crippen molar-refractivity contribution in [1.82, 2.24) is 4.90 Å². The number of Topliss-reactive ketones (excluding diaryl/α,β-unsaturated/α-hetero) is 2. The molecule has 0 aromatic rings. The first-order valence-corrected chi connectivity index (χ1v) is 5.40. The van der Waals surface area contributed by atoms with Gasteiger partial charge in [-0.1, -0.05) is 13.8 Å². The van der Waals surface area contributed by atoms with Crippen molar-refractivity contribution in [3.63, 3.8) is 0 Å². The fourth-order valence-electron chi connectivity index (χ4n) is 1.85. The first-order valence-electron chi connectivity index (χ1n) is 5.40. The maximum atomic E-state index is 11.4. The van der Waals surface area contributed by atoms with Gasteiger partial charge in [-0.25, -0.2) is 0 Å². The van der Waals surface area contributed by atoms with Crippen LogP contribution in [0.25, 0.3) is 0 Å². The summed E-state index contributed by atoms with van der Waals surface area (Å²) in [7, 11) is 0. The van der Waals surface area contributed by atoms with Gasteiger partial charge >= 0.3 is 0 Å². The van der Waals surface area contributed by atoms with Crippen LogP contribution in [-0.4, -0.2) is 36.1 Å². The summed E-state index contributed by atoms with van der Waals surface area (Å²) in [5.74, 6) is 0.747. The van der Waals surface area contributed by atoms with Crippen LogP contribution in [0.4, 0.5) is 0 Å². The van der Waals surface area contributed by atoms with E-state index in [-0.39, 0.29) is 5.92 Å². The van der Waals surface area contributed by atoms with Crippen molar-refractivity contribution in [3.8, 4) is 0 Å². The van der Waals surface area contributed by atoms with Crippen LogP contribution in [0.1, 0.15) is 33.1 Å². The molecule has 1 atom stereocenters. The normalized spacial score (nSPS) is 23.9. The van der Waals surface area contributed by atoms with E-state index in [1.807, 2.05) is 13.8 Å². The SMILES string of the molecule is CCCC(=O)CN1CCC(=O)C(C)C1. The molecule has 1 saturated heterocycles. The number of likely N-dealkylation sites (tertiary alicyclic amines) is 1. The quantitative estimate of drug-likeness (QED) is 0.681. The van der Waals surface area contributed by atoms with Gasteiger partial charge in [0.1, 0.15) is 11.6 Å². The van der Waals surface area contributed by atoms with Gasteiger partial charge in [0.25, 0.3) is 0 Å². The van der Waals surface area contributed by atoms with Crippen LogP contribution in [0, 0.1) is 5.92 Å². The lowest BCUT2D eigenvalue weighted by atomic mass is 9.98. The smallest absolute Gasteiger partial charge is 0.146 e. The molecule has 1 rings (SSSR count). The predicted molar refractivity (Wildman–Crippen MR) is 55.1 cm³/mol. The molecule has 0 aliphatic carbocycles. The molecule has 1 unspecified atom stereocenters. The molecular formula is C11H19NO2. The first-order chi connectivity index (χ1) is 6.63. The number of hydrogen-bond donors (Lipinski definition) is 0. The van der Waals surface area contributed by atoms with Gasteiger partial charge in [0, 0.05) is 31.8 Å². The number of rotatable bonds is 4. The molecule has 1 aliphatic heterocycles. The van der Waals surface area contributed by atoms with Gasteiger partial charge in [-0.2, -0.15) is 0 Å². The van der Waals surface area contributed by atoms with Gasteiger partial charge in [0.05, 0.1) is 6.54 Å². The summed E-state index contributed by atoms with van der Waals surface area (Å²) < 4.78 is 0. The molecule has 0 aromatic heterocycles. The topological polar surface area (TPSA) is 37.4 Å². The highest BCUT2D eigenvalue weighted by Gasteiger charge is 2.24. The highest BCUT2D eigenvalue weighted by Crippen LogP contribution is 2.12. The second-order valence-electron chi connectivity index (χ2n) is 4.14. The van der Waals surface area contributed by atoms with Crippen molar-refractivity contribution in [2.24, 2.45) is 5.92 Å². The zero-order valence-corrected chi connectivity index (χ0v) is 9.08. The Morgan fingerprint density at radius 3 is 2.86 bits per heavy atom. The molecule has 1 heterocycles. The Kier molecular flexibility index (Phi) is 4.26. The second kappa shape index (κ2) is 5.25. The van der Waals surface area contributed by atoms with Crippen LogP contribution in [0.5, 0.6) is 0 Å². The Balaban J connectivity index is 2.32. The van der Waals surface area contributed by atoms with E-state index in [0.717, 1.165) is 19.5 Å². The van der Waals surface area contributed by atoms with Crippen molar-refractivity contribution in [2.45, 2.75) is 33.1 Å². The predicted octanol–water partition coefficient (Wildman–Crippen LogP) is 1.27. The van der Waals surface area contributed by atoms with E-state index in [2.05, 4.69) is 4.90 Å². The zero-order valence-electron chi connectivity index (χ0n) is 9.08. The molecule has 0 aromatic carbocycles. The minimum absolute atomic E-state index is 0.109. The molecule has 0 amide bonds. The minimum atomic E-state index is 0.109. The highest BCUT2D eigenvalue weighted by atomic mass is 16.1. The van der Waals surface area contributed by atoms with Crippen LogP contribution >= 0.6 is 0 Å². The van der Waals surface area contributed by atoms with Crippen LogP contribution in [0.2, 0.25) is 0 Å². The van der Waals surface area contributed by atoms with Crippen LogP contribution < -0.4 is 0 Å². The average molecular weight is 197 g/mol. The third kappa shape index (κ3) is 3.22. The van der Waals surface area contributed by atoms with Gasteiger partial charge in [-0.15, -0.1) is 0 Å². The maximum Gasteiger partial charge on any atom is 0.146 e. The summed E-state index contributed by atoms with van der Waals surface area (Å²) in [5.41, 5.74) is 0. The summed E-state index contributed by atoms with van der Waals surface area (Å²) in [6, 6.07) is 0. The Morgan fingerprint density at radius 2 is 2.29 bits per heavy atom. The van der Waals surface area contributed by atoms with E-state index < -0.39 is 0 Å². The largest absolute Gasteiger partial charge is 0.299 e. The number of ketones is 2. The average Bonchev–Trinajstić information content (AvgIpc) is 2.12. The fourth-order valence-corrected chi connectivity index (χ4v) is 1.85. The van der Waals surface area contributed by atoms with Crippen molar-refractivity contribution in [1.29, 1.82) is 0 Å². The molecule has 3 heteroatoms. The Bertz CT molecular complexity index is 225. The van der Waals surface area contributed by atoms with Gasteiger partial charge < -0.3 is 0 Å². The molecule has 0 radical (unpaired) electrons. The molecule has 1 aliphatic rings. The van der Waals surface area contributed by atoms with E-state index in [0.29, 0.717) is 31.0 Å². The molecule has 80 valence electrons. The number of carbonyl (C=O) groups excluding carboxylic acids is 2. The Morgan fingerprint density at radius 1 is 1.57 bits per heavy atom. The maximum absolute atomic E-state index is 11.4. The van der Waals surface area contributed by atoms with E-state index in [1.165, 1.54) is 0 Å². The lowest BCUT2D eigenvalue weighted by Gasteiger charge is -2.29. The number of carbonyl (C=O) groups is 2. The molecule has 0 bridgehead atoms.